The lowest BCUT2D eigenvalue weighted by Crippen LogP contribution is -2.45. The lowest BCUT2D eigenvalue weighted by molar-refractivity contribution is -0.870. The van der Waals surface area contributed by atoms with Crippen LogP contribution in [0.4, 0.5) is 0 Å². The zero-order chi connectivity index (χ0) is 60.5. The van der Waals surface area contributed by atoms with Crippen LogP contribution in [0.25, 0.3) is 0 Å². The number of hydrogen-bond donors (Lipinski definition) is 3. The molecule has 0 fully saturated rings. The maximum atomic E-state index is 13.1. The third-order valence-corrected chi connectivity index (χ3v) is 17.1. The molecule has 3 N–H and O–H groups in total. The molecule has 0 aromatic heterocycles. The summed E-state index contributed by atoms with van der Waals surface area (Å²) in [6.07, 6.45) is 90.6. The molecule has 3 unspecified atom stereocenters. The number of allylic oxidation sites excluding steroid dienone is 11. The Morgan fingerprint density at radius 3 is 1.11 bits per heavy atom. The maximum absolute atomic E-state index is 13.1. The summed E-state index contributed by atoms with van der Waals surface area (Å²) >= 11 is 0. The first-order valence-electron chi connectivity index (χ1n) is 35.8. The quantitative estimate of drug-likeness (QED) is 0.0243. The van der Waals surface area contributed by atoms with Gasteiger partial charge in [0.15, 0.2) is 0 Å². The topological polar surface area (TPSA) is 105 Å². The van der Waals surface area contributed by atoms with Crippen molar-refractivity contribution in [3.05, 3.63) is 72.9 Å². The molecule has 0 aliphatic carbocycles. The van der Waals surface area contributed by atoms with Gasteiger partial charge in [0.05, 0.1) is 39.9 Å². The molecule has 0 aromatic rings. The standard InChI is InChI=1S/C74H139N2O6P/c1-6-8-10-12-14-16-18-20-22-24-26-28-30-32-34-36-37-38-39-40-42-44-46-48-50-52-54-56-58-60-62-64-66-68-74(78)75-72(71-82-83(79,80)81-70-69-76(3,4)5)73(77)67-65-63-61-59-57-55-53-51-49-47-45-43-41-35-33-31-29-27-25-23-21-19-17-15-13-11-9-7-2/h8,10,14,16,20,22,26,28,57,59,65,67,72-73,77H,6-7,9,11-13,15,17-19,21,23-25,27,29-56,58,60-64,66,68-71H2,1-5H3,(H-,75,78,79,80)/p+1/b10-8-,16-14-,22-20-,28-26-,59-57+,67-65+. The Balaban J connectivity index is 4.06. The molecular formula is C74H140N2O6P+. The summed E-state index contributed by atoms with van der Waals surface area (Å²) in [6.45, 7) is 4.73. The molecule has 1 amide bonds. The van der Waals surface area contributed by atoms with Crippen molar-refractivity contribution in [1.82, 2.24) is 5.32 Å². The minimum absolute atomic E-state index is 0.0560. The van der Waals surface area contributed by atoms with Crippen LogP contribution in [0, 0.1) is 0 Å². The van der Waals surface area contributed by atoms with E-state index in [-0.39, 0.29) is 19.1 Å². The molecule has 0 saturated carbocycles. The molecule has 0 aliphatic rings. The lowest BCUT2D eigenvalue weighted by atomic mass is 10.0. The fourth-order valence-electron chi connectivity index (χ4n) is 10.6. The first-order valence-corrected chi connectivity index (χ1v) is 37.3. The van der Waals surface area contributed by atoms with Gasteiger partial charge in [0.2, 0.25) is 5.91 Å². The van der Waals surface area contributed by atoms with E-state index < -0.39 is 20.0 Å². The molecule has 0 heterocycles. The number of carbonyl (C=O) groups excluding carboxylic acids is 1. The maximum Gasteiger partial charge on any atom is 0.472 e. The van der Waals surface area contributed by atoms with E-state index in [2.05, 4.69) is 79.9 Å². The number of aliphatic hydroxyl groups is 1. The summed E-state index contributed by atoms with van der Waals surface area (Å²) in [5, 5.41) is 14.0. The number of unbranched alkanes of at least 4 members (excludes halogenated alkanes) is 43. The van der Waals surface area contributed by atoms with Gasteiger partial charge in [-0.05, 0) is 70.6 Å². The number of nitrogens with one attached hydrogen (secondary N) is 1. The average Bonchev–Trinajstić information content (AvgIpc) is 3.49. The van der Waals surface area contributed by atoms with Gasteiger partial charge in [0.25, 0.3) is 0 Å². The van der Waals surface area contributed by atoms with Crippen molar-refractivity contribution in [3.8, 4) is 0 Å². The van der Waals surface area contributed by atoms with Crippen molar-refractivity contribution >= 4 is 13.7 Å². The third-order valence-electron chi connectivity index (χ3n) is 16.2. The Morgan fingerprint density at radius 1 is 0.422 bits per heavy atom. The van der Waals surface area contributed by atoms with Gasteiger partial charge in [-0.1, -0.05) is 337 Å². The number of aliphatic hydroxyl groups excluding tert-OH is 1. The zero-order valence-corrected chi connectivity index (χ0v) is 56.6. The number of likely N-dealkylation sites (N-methyl/N-ethyl adjacent to an activating group) is 1. The molecule has 0 aliphatic heterocycles. The average molecular weight is 1180 g/mol. The summed E-state index contributed by atoms with van der Waals surface area (Å²) in [6, 6.07) is -0.866. The summed E-state index contributed by atoms with van der Waals surface area (Å²) in [4.78, 5) is 23.4. The van der Waals surface area contributed by atoms with Gasteiger partial charge >= 0.3 is 7.82 Å². The fourth-order valence-corrected chi connectivity index (χ4v) is 11.4. The lowest BCUT2D eigenvalue weighted by Gasteiger charge is -2.25. The molecule has 8 nitrogen and oxygen atoms in total. The highest BCUT2D eigenvalue weighted by Crippen LogP contribution is 2.43. The van der Waals surface area contributed by atoms with E-state index in [1.165, 1.54) is 257 Å². The monoisotopic (exact) mass is 1180 g/mol. The predicted octanol–water partition coefficient (Wildman–Crippen LogP) is 22.9. The largest absolute Gasteiger partial charge is 0.472 e. The molecule has 0 radical (unpaired) electrons. The minimum Gasteiger partial charge on any atom is -0.387 e. The first-order chi connectivity index (χ1) is 40.5. The molecule has 486 valence electrons. The smallest absolute Gasteiger partial charge is 0.387 e. The molecular weight excluding hydrogens is 1040 g/mol. The van der Waals surface area contributed by atoms with E-state index in [0.717, 1.165) is 64.2 Å². The van der Waals surface area contributed by atoms with Crippen LogP contribution in [0.5, 0.6) is 0 Å². The van der Waals surface area contributed by atoms with Gasteiger partial charge in [0.1, 0.15) is 13.2 Å². The first kappa shape index (κ1) is 80.9. The normalized spacial score (nSPS) is 14.1. The van der Waals surface area contributed by atoms with Crippen LogP contribution < -0.4 is 5.32 Å². The van der Waals surface area contributed by atoms with Crippen molar-refractivity contribution in [2.75, 3.05) is 40.9 Å². The number of phosphoric acid groups is 1. The summed E-state index contributed by atoms with van der Waals surface area (Å²) in [5.41, 5.74) is 0. The Labute approximate surface area is 516 Å². The van der Waals surface area contributed by atoms with E-state index in [1.54, 1.807) is 6.08 Å². The van der Waals surface area contributed by atoms with E-state index >= 15 is 0 Å². The van der Waals surface area contributed by atoms with E-state index in [4.69, 9.17) is 9.05 Å². The van der Waals surface area contributed by atoms with Crippen molar-refractivity contribution in [1.29, 1.82) is 0 Å². The second-order valence-electron chi connectivity index (χ2n) is 25.6. The van der Waals surface area contributed by atoms with E-state index in [9.17, 15) is 19.4 Å². The Morgan fingerprint density at radius 2 is 0.735 bits per heavy atom. The van der Waals surface area contributed by atoms with E-state index in [0.29, 0.717) is 17.4 Å². The highest BCUT2D eigenvalue weighted by Gasteiger charge is 2.28. The van der Waals surface area contributed by atoms with Crippen molar-refractivity contribution < 1.29 is 32.9 Å². The van der Waals surface area contributed by atoms with Gasteiger partial charge in [0, 0.05) is 6.42 Å². The van der Waals surface area contributed by atoms with Crippen molar-refractivity contribution in [3.63, 3.8) is 0 Å². The highest BCUT2D eigenvalue weighted by atomic mass is 31.2. The highest BCUT2D eigenvalue weighted by molar-refractivity contribution is 7.47. The van der Waals surface area contributed by atoms with Crippen LogP contribution >= 0.6 is 7.82 Å². The van der Waals surface area contributed by atoms with Crippen LogP contribution in [-0.2, 0) is 18.4 Å². The SMILES string of the molecule is CC/C=C\C/C=C\C/C=C\C/C=C\CCCCCCCCCCCCCCCCCCCCCCC(=O)NC(COP(=O)(O)OCC[N+](C)(C)C)C(O)/C=C/CC/C=C/CCCCCCCCCCCCCCCCCCCCCCCC. The molecule has 0 aromatic carbocycles. The summed E-state index contributed by atoms with van der Waals surface area (Å²) in [5.74, 6) is -0.182. The molecule has 0 bridgehead atoms. The third kappa shape index (κ3) is 67.3. The number of hydrogen-bond acceptors (Lipinski definition) is 5. The molecule has 3 atom stereocenters. The number of quaternary nitrogens is 1. The second kappa shape index (κ2) is 64.4. The van der Waals surface area contributed by atoms with Gasteiger partial charge in [-0.15, -0.1) is 0 Å². The minimum atomic E-state index is -4.36. The Hall–Kier alpha value is -2.06. The Bertz CT molecular complexity index is 1580. The second-order valence-corrected chi connectivity index (χ2v) is 27.0. The zero-order valence-electron chi connectivity index (χ0n) is 55.7. The number of phosphoric ester groups is 1. The van der Waals surface area contributed by atoms with E-state index in [1.807, 2.05) is 27.2 Å². The molecule has 0 rings (SSSR count). The molecule has 83 heavy (non-hydrogen) atoms. The van der Waals surface area contributed by atoms with Crippen molar-refractivity contribution in [2.24, 2.45) is 0 Å². The Kier molecular flexibility index (Phi) is 62.8. The predicted molar refractivity (Wildman–Crippen MR) is 364 cm³/mol. The van der Waals surface area contributed by atoms with Crippen LogP contribution in [0.2, 0.25) is 0 Å². The summed E-state index contributed by atoms with van der Waals surface area (Å²) in [7, 11) is 1.56. The summed E-state index contributed by atoms with van der Waals surface area (Å²) < 4.78 is 23.8. The van der Waals surface area contributed by atoms with Gasteiger partial charge in [-0.25, -0.2) is 4.57 Å². The van der Waals surface area contributed by atoms with Crippen molar-refractivity contribution in [2.45, 2.75) is 353 Å². The van der Waals surface area contributed by atoms with Crippen LogP contribution in [-0.4, -0.2) is 73.4 Å². The number of rotatable bonds is 66. The molecule has 9 heteroatoms. The van der Waals surface area contributed by atoms with Gasteiger partial charge in [-0.2, -0.15) is 0 Å². The number of carbonyl (C=O) groups is 1. The molecule has 0 spiro atoms. The van der Waals surface area contributed by atoms with Crippen LogP contribution in [0.15, 0.2) is 72.9 Å². The number of nitrogens with zero attached hydrogens (tertiary/aromatic N) is 1. The molecule has 0 saturated heterocycles. The van der Waals surface area contributed by atoms with Gasteiger partial charge < -0.3 is 19.8 Å². The van der Waals surface area contributed by atoms with Gasteiger partial charge in [-0.3, -0.25) is 13.8 Å². The fraction of sp³-hybridized carbons (Fsp3) is 0.824. The van der Waals surface area contributed by atoms with Crippen LogP contribution in [0.1, 0.15) is 341 Å². The number of amides is 1. The van der Waals surface area contributed by atoms with Crippen LogP contribution in [0.3, 0.4) is 0 Å².